The summed E-state index contributed by atoms with van der Waals surface area (Å²) in [7, 11) is 0. The topological polar surface area (TPSA) is 26.0 Å². The van der Waals surface area contributed by atoms with Crippen LogP contribution in [0.1, 0.15) is 5.56 Å². The van der Waals surface area contributed by atoms with E-state index >= 15 is 0 Å². The Bertz CT molecular complexity index is 286. The molecule has 0 radical (unpaired) electrons. The minimum atomic E-state index is 0.597. The number of nitrogens with two attached hydrogens (primary N) is 1. The molecule has 1 aromatic rings. The maximum absolute atomic E-state index is 5.53. The number of hydrogen-bond donors (Lipinski definition) is 1. The first-order chi connectivity index (χ1) is 6.36. The Morgan fingerprint density at radius 2 is 2.31 bits per heavy atom. The van der Waals surface area contributed by atoms with E-state index < -0.39 is 0 Å². The second-order valence-corrected chi connectivity index (χ2v) is 3.87. The van der Waals surface area contributed by atoms with Crippen LogP contribution >= 0.6 is 23.4 Å². The minimum absolute atomic E-state index is 0.597. The van der Waals surface area contributed by atoms with Gasteiger partial charge in [-0.25, -0.2) is 0 Å². The van der Waals surface area contributed by atoms with E-state index in [4.69, 9.17) is 17.3 Å². The Morgan fingerprint density at radius 3 is 3.00 bits per heavy atom. The first-order valence-electron chi connectivity index (χ1n) is 4.04. The van der Waals surface area contributed by atoms with Crippen molar-refractivity contribution in [2.45, 2.75) is 11.4 Å². The Balaban J connectivity index is 2.56. The molecule has 13 heavy (non-hydrogen) atoms. The van der Waals surface area contributed by atoms with Gasteiger partial charge in [-0.1, -0.05) is 29.8 Å². The molecule has 0 saturated heterocycles. The van der Waals surface area contributed by atoms with Crippen LogP contribution in [0.2, 0.25) is 0 Å². The van der Waals surface area contributed by atoms with Crippen LogP contribution in [-0.2, 0) is 6.54 Å². The molecule has 1 nitrogen and oxygen atoms in total. The maximum Gasteiger partial charge on any atom is 0.0178 e. The van der Waals surface area contributed by atoms with E-state index in [1.807, 2.05) is 18.2 Å². The van der Waals surface area contributed by atoms with Gasteiger partial charge in [0.15, 0.2) is 0 Å². The molecule has 0 aromatic heterocycles. The van der Waals surface area contributed by atoms with Gasteiger partial charge in [-0.05, 0) is 17.7 Å². The van der Waals surface area contributed by atoms with Crippen LogP contribution in [0.4, 0.5) is 0 Å². The van der Waals surface area contributed by atoms with E-state index in [9.17, 15) is 0 Å². The van der Waals surface area contributed by atoms with Gasteiger partial charge in [0.2, 0.25) is 0 Å². The smallest absolute Gasteiger partial charge is 0.0178 e. The second-order valence-electron chi connectivity index (χ2n) is 2.52. The van der Waals surface area contributed by atoms with Crippen molar-refractivity contribution in [2.24, 2.45) is 5.73 Å². The summed E-state index contributed by atoms with van der Waals surface area (Å²) in [5, 5.41) is 0. The fraction of sp³-hybridized carbons (Fsp3) is 0.200. The zero-order chi connectivity index (χ0) is 9.52. The zero-order valence-electron chi connectivity index (χ0n) is 7.24. The van der Waals surface area contributed by atoms with Gasteiger partial charge < -0.3 is 5.73 Å². The first-order valence-corrected chi connectivity index (χ1v) is 5.46. The van der Waals surface area contributed by atoms with Gasteiger partial charge in [-0.3, -0.25) is 0 Å². The Hall–Kier alpha value is -0.440. The Kier molecular flexibility index (Phi) is 4.98. The number of rotatable bonds is 4. The largest absolute Gasteiger partial charge is 0.326 e. The molecule has 0 atom stereocenters. The molecular weight excluding hydrogens is 202 g/mol. The molecule has 2 N–H and O–H groups in total. The second kappa shape index (κ2) is 6.08. The normalized spacial score (nSPS) is 10.9. The van der Waals surface area contributed by atoms with Crippen LogP contribution in [0.15, 0.2) is 40.8 Å². The van der Waals surface area contributed by atoms with E-state index in [0.717, 1.165) is 5.75 Å². The number of halogens is 1. The van der Waals surface area contributed by atoms with E-state index in [1.165, 1.54) is 10.5 Å². The van der Waals surface area contributed by atoms with E-state index in [2.05, 4.69) is 12.1 Å². The quantitative estimate of drug-likeness (QED) is 0.779. The van der Waals surface area contributed by atoms with Gasteiger partial charge in [-0.15, -0.1) is 11.8 Å². The molecule has 0 heterocycles. The zero-order valence-corrected chi connectivity index (χ0v) is 8.81. The van der Waals surface area contributed by atoms with Gasteiger partial charge in [0, 0.05) is 22.7 Å². The summed E-state index contributed by atoms with van der Waals surface area (Å²) in [5.74, 6) is 0.900. The van der Waals surface area contributed by atoms with Crippen molar-refractivity contribution < 1.29 is 0 Å². The average Bonchev–Trinajstić information content (AvgIpc) is 2.19. The van der Waals surface area contributed by atoms with E-state index in [0.29, 0.717) is 6.54 Å². The molecule has 0 saturated carbocycles. The van der Waals surface area contributed by atoms with Crippen molar-refractivity contribution >= 4 is 23.4 Å². The molecule has 0 aliphatic rings. The highest BCUT2D eigenvalue weighted by Gasteiger charge is 1.93. The summed E-state index contributed by atoms with van der Waals surface area (Å²) in [6.07, 6.45) is 1.92. The highest BCUT2D eigenvalue weighted by atomic mass is 35.5. The van der Waals surface area contributed by atoms with Crippen LogP contribution < -0.4 is 5.73 Å². The average molecular weight is 214 g/mol. The van der Waals surface area contributed by atoms with Crippen LogP contribution in [-0.4, -0.2) is 5.75 Å². The summed E-state index contributed by atoms with van der Waals surface area (Å²) < 4.78 is 0. The van der Waals surface area contributed by atoms with Crippen LogP contribution in [0.25, 0.3) is 0 Å². The van der Waals surface area contributed by atoms with Crippen molar-refractivity contribution in [3.05, 3.63) is 41.4 Å². The third kappa shape index (κ3) is 3.85. The fourth-order valence-electron chi connectivity index (χ4n) is 0.943. The molecule has 0 bridgehead atoms. The van der Waals surface area contributed by atoms with Crippen LogP contribution in [0.3, 0.4) is 0 Å². The van der Waals surface area contributed by atoms with Crippen LogP contribution in [0.5, 0.6) is 0 Å². The lowest BCUT2D eigenvalue weighted by molar-refractivity contribution is 1.06. The summed E-state index contributed by atoms with van der Waals surface area (Å²) in [5.41, 5.74) is 8.24. The third-order valence-corrected chi connectivity index (χ3v) is 2.69. The van der Waals surface area contributed by atoms with E-state index in [1.54, 1.807) is 17.3 Å². The number of thioether (sulfide) groups is 1. The van der Waals surface area contributed by atoms with Gasteiger partial charge >= 0.3 is 0 Å². The number of benzene rings is 1. The monoisotopic (exact) mass is 213 g/mol. The molecule has 0 fully saturated rings. The number of hydrogen-bond acceptors (Lipinski definition) is 2. The van der Waals surface area contributed by atoms with Crippen molar-refractivity contribution in [3.8, 4) is 0 Å². The highest BCUT2D eigenvalue weighted by molar-refractivity contribution is 7.99. The molecule has 1 aromatic carbocycles. The lowest BCUT2D eigenvalue weighted by atomic mass is 10.2. The summed E-state index contributed by atoms with van der Waals surface area (Å²) in [6, 6.07) is 8.23. The molecule has 1 rings (SSSR count). The highest BCUT2D eigenvalue weighted by Crippen LogP contribution is 2.18. The van der Waals surface area contributed by atoms with Crippen molar-refractivity contribution in [1.29, 1.82) is 0 Å². The molecule has 3 heteroatoms. The molecule has 0 spiro atoms. The predicted molar refractivity (Wildman–Crippen MR) is 60.1 cm³/mol. The lowest BCUT2D eigenvalue weighted by Crippen LogP contribution is -1.95. The minimum Gasteiger partial charge on any atom is -0.326 e. The van der Waals surface area contributed by atoms with Crippen molar-refractivity contribution in [2.75, 3.05) is 5.75 Å². The summed E-state index contributed by atoms with van der Waals surface area (Å²) >= 11 is 7.16. The summed E-state index contributed by atoms with van der Waals surface area (Å²) in [6.45, 7) is 0.597. The fourth-order valence-corrected chi connectivity index (χ4v) is 1.93. The molecular formula is C10H12ClNS. The van der Waals surface area contributed by atoms with E-state index in [-0.39, 0.29) is 0 Å². The molecule has 0 amide bonds. The first kappa shape index (κ1) is 10.6. The van der Waals surface area contributed by atoms with Crippen molar-refractivity contribution in [3.63, 3.8) is 0 Å². The van der Waals surface area contributed by atoms with Crippen LogP contribution in [0, 0.1) is 0 Å². The lowest BCUT2D eigenvalue weighted by Gasteiger charge is -2.00. The van der Waals surface area contributed by atoms with Gasteiger partial charge in [-0.2, -0.15) is 0 Å². The van der Waals surface area contributed by atoms with Gasteiger partial charge in [0.05, 0.1) is 0 Å². The standard InChI is InChI=1S/C10H12ClNS/c11-5-2-6-13-10-4-1-3-9(7-10)8-12/h1-5,7H,6,8,12H2. The predicted octanol–water partition coefficient (Wildman–Crippen LogP) is 2.99. The molecule has 0 aliphatic heterocycles. The SMILES string of the molecule is NCc1cccc(SCC=CCl)c1. The molecule has 0 aliphatic carbocycles. The maximum atomic E-state index is 5.53. The Labute approximate surface area is 88.0 Å². The summed E-state index contributed by atoms with van der Waals surface area (Å²) in [4.78, 5) is 1.23. The molecule has 0 unspecified atom stereocenters. The van der Waals surface area contributed by atoms with Gasteiger partial charge in [0.1, 0.15) is 0 Å². The van der Waals surface area contributed by atoms with Gasteiger partial charge in [0.25, 0.3) is 0 Å². The third-order valence-electron chi connectivity index (χ3n) is 1.57. The molecule has 70 valence electrons. The van der Waals surface area contributed by atoms with Crippen molar-refractivity contribution in [1.82, 2.24) is 0 Å². The Morgan fingerprint density at radius 1 is 1.46 bits per heavy atom.